The van der Waals surface area contributed by atoms with E-state index in [1.807, 2.05) is 0 Å². The number of hydrogen-bond acceptors (Lipinski definition) is 2. The van der Waals surface area contributed by atoms with Crippen molar-refractivity contribution >= 4 is 5.91 Å². The van der Waals surface area contributed by atoms with Gasteiger partial charge in [0.25, 0.3) is 5.91 Å². The predicted molar refractivity (Wildman–Crippen MR) is 55.2 cm³/mol. The maximum Gasteiger partial charge on any atom is 0.257 e. The van der Waals surface area contributed by atoms with Crippen LogP contribution in [0.25, 0.3) is 0 Å². The van der Waals surface area contributed by atoms with Crippen molar-refractivity contribution in [2.24, 2.45) is 0 Å². The topological polar surface area (TPSA) is 38.3 Å². The van der Waals surface area contributed by atoms with Crippen molar-refractivity contribution in [1.29, 1.82) is 0 Å². The molecular weight excluding hydrogens is 216 g/mol. The molecule has 0 aliphatic heterocycles. The zero-order valence-electron chi connectivity index (χ0n) is 8.93. The van der Waals surface area contributed by atoms with Gasteiger partial charge in [-0.2, -0.15) is 0 Å². The number of carbonyl (C=O) groups is 1. The fraction of sp³-hybridized carbons (Fsp3) is 0.364. The van der Waals surface area contributed by atoms with E-state index in [2.05, 4.69) is 5.32 Å². The summed E-state index contributed by atoms with van der Waals surface area (Å²) in [6.45, 7) is 0.806. The molecule has 0 aliphatic carbocycles. The molecule has 0 aromatic heterocycles. The molecule has 0 aliphatic rings. The molecule has 0 saturated carbocycles. The molecule has 0 heterocycles. The summed E-state index contributed by atoms with van der Waals surface area (Å²) in [4.78, 5) is 11.4. The summed E-state index contributed by atoms with van der Waals surface area (Å²) >= 11 is 0. The Bertz CT molecular complexity index is 349. The number of methoxy groups -OCH3 is 1. The largest absolute Gasteiger partial charge is 0.385 e. The van der Waals surface area contributed by atoms with Crippen LogP contribution in [0.1, 0.15) is 16.8 Å². The molecule has 5 heteroatoms. The molecule has 0 saturated heterocycles. The molecule has 0 bridgehead atoms. The van der Waals surface area contributed by atoms with Gasteiger partial charge in [-0.3, -0.25) is 4.79 Å². The Morgan fingerprint density at radius 1 is 1.38 bits per heavy atom. The molecule has 88 valence electrons. The molecule has 0 spiro atoms. The number of benzene rings is 1. The van der Waals surface area contributed by atoms with E-state index in [0.717, 1.165) is 12.1 Å². The lowest BCUT2D eigenvalue weighted by molar-refractivity contribution is 0.0940. The van der Waals surface area contributed by atoms with Crippen LogP contribution in [0, 0.1) is 11.6 Å². The zero-order chi connectivity index (χ0) is 12.0. The van der Waals surface area contributed by atoms with E-state index in [1.165, 1.54) is 6.07 Å². The molecule has 3 nitrogen and oxygen atoms in total. The monoisotopic (exact) mass is 229 g/mol. The minimum Gasteiger partial charge on any atom is -0.385 e. The fourth-order valence-electron chi connectivity index (χ4n) is 1.22. The SMILES string of the molecule is COCCCNC(=O)c1c(F)cccc1F. The van der Waals surface area contributed by atoms with Crippen LogP contribution in [0.5, 0.6) is 0 Å². The lowest BCUT2D eigenvalue weighted by Crippen LogP contribution is -2.27. The summed E-state index contributed by atoms with van der Waals surface area (Å²) in [5.41, 5.74) is -0.542. The van der Waals surface area contributed by atoms with E-state index in [0.29, 0.717) is 19.6 Å². The van der Waals surface area contributed by atoms with E-state index >= 15 is 0 Å². The first-order valence-electron chi connectivity index (χ1n) is 4.88. The van der Waals surface area contributed by atoms with Crippen molar-refractivity contribution < 1.29 is 18.3 Å². The van der Waals surface area contributed by atoms with Crippen LogP contribution in [0.2, 0.25) is 0 Å². The van der Waals surface area contributed by atoms with Gasteiger partial charge in [0, 0.05) is 20.3 Å². The average molecular weight is 229 g/mol. The number of ether oxygens (including phenoxy) is 1. The molecule has 0 unspecified atom stereocenters. The van der Waals surface area contributed by atoms with Crippen LogP contribution in [0.3, 0.4) is 0 Å². The van der Waals surface area contributed by atoms with Crippen LogP contribution in [-0.4, -0.2) is 26.2 Å². The highest BCUT2D eigenvalue weighted by Gasteiger charge is 2.15. The van der Waals surface area contributed by atoms with Crippen LogP contribution in [-0.2, 0) is 4.74 Å². The van der Waals surface area contributed by atoms with E-state index < -0.39 is 23.1 Å². The standard InChI is InChI=1S/C11H13F2NO2/c1-16-7-3-6-14-11(15)10-8(12)4-2-5-9(10)13/h2,4-5H,3,6-7H2,1H3,(H,14,15). The molecule has 1 aromatic carbocycles. The molecular formula is C11H13F2NO2. The zero-order valence-corrected chi connectivity index (χ0v) is 8.93. The second-order valence-corrected chi connectivity index (χ2v) is 3.20. The number of hydrogen-bond donors (Lipinski definition) is 1. The van der Waals surface area contributed by atoms with Gasteiger partial charge in [-0.05, 0) is 18.6 Å². The molecule has 1 amide bonds. The van der Waals surface area contributed by atoms with Crippen LogP contribution in [0.15, 0.2) is 18.2 Å². The van der Waals surface area contributed by atoms with Crippen molar-refractivity contribution in [1.82, 2.24) is 5.32 Å². The third-order valence-electron chi connectivity index (χ3n) is 2.00. The second-order valence-electron chi connectivity index (χ2n) is 3.20. The molecule has 0 radical (unpaired) electrons. The highest BCUT2D eigenvalue weighted by atomic mass is 19.1. The van der Waals surface area contributed by atoms with Crippen molar-refractivity contribution in [2.45, 2.75) is 6.42 Å². The normalized spacial score (nSPS) is 10.2. The van der Waals surface area contributed by atoms with Gasteiger partial charge in [-0.1, -0.05) is 6.07 Å². The summed E-state index contributed by atoms with van der Waals surface area (Å²) in [6, 6.07) is 3.31. The van der Waals surface area contributed by atoms with E-state index in [1.54, 1.807) is 7.11 Å². The smallest absolute Gasteiger partial charge is 0.257 e. The number of rotatable bonds is 5. The lowest BCUT2D eigenvalue weighted by Gasteiger charge is -2.06. The van der Waals surface area contributed by atoms with Gasteiger partial charge in [0.15, 0.2) is 0 Å². The molecule has 16 heavy (non-hydrogen) atoms. The molecule has 1 aromatic rings. The highest BCUT2D eigenvalue weighted by molar-refractivity contribution is 5.94. The Morgan fingerprint density at radius 2 is 2.00 bits per heavy atom. The Kier molecular flexibility index (Phi) is 4.85. The van der Waals surface area contributed by atoms with Gasteiger partial charge in [-0.25, -0.2) is 8.78 Å². The first-order valence-corrected chi connectivity index (χ1v) is 4.88. The highest BCUT2D eigenvalue weighted by Crippen LogP contribution is 2.11. The van der Waals surface area contributed by atoms with Gasteiger partial charge < -0.3 is 10.1 Å². The van der Waals surface area contributed by atoms with Gasteiger partial charge in [-0.15, -0.1) is 0 Å². The average Bonchev–Trinajstić information content (AvgIpc) is 2.24. The Hall–Kier alpha value is -1.49. The quantitative estimate of drug-likeness (QED) is 0.781. The van der Waals surface area contributed by atoms with Crippen molar-refractivity contribution in [3.63, 3.8) is 0 Å². The first kappa shape index (κ1) is 12.6. The minimum atomic E-state index is -0.857. The Morgan fingerprint density at radius 3 is 2.56 bits per heavy atom. The molecule has 0 fully saturated rings. The van der Waals surface area contributed by atoms with E-state index in [4.69, 9.17) is 4.74 Å². The number of amides is 1. The Balaban J connectivity index is 2.59. The summed E-state index contributed by atoms with van der Waals surface area (Å²) in [5.74, 6) is -2.46. The molecule has 1 N–H and O–H groups in total. The van der Waals surface area contributed by atoms with Crippen molar-refractivity contribution in [3.05, 3.63) is 35.4 Å². The number of carbonyl (C=O) groups excluding carboxylic acids is 1. The third kappa shape index (κ3) is 3.27. The van der Waals surface area contributed by atoms with Crippen molar-refractivity contribution in [3.8, 4) is 0 Å². The fourth-order valence-corrected chi connectivity index (χ4v) is 1.22. The third-order valence-corrected chi connectivity index (χ3v) is 2.00. The van der Waals surface area contributed by atoms with Crippen LogP contribution >= 0.6 is 0 Å². The van der Waals surface area contributed by atoms with Gasteiger partial charge >= 0.3 is 0 Å². The van der Waals surface area contributed by atoms with Gasteiger partial charge in [0.2, 0.25) is 0 Å². The molecule has 1 rings (SSSR count). The predicted octanol–water partition coefficient (Wildman–Crippen LogP) is 1.73. The van der Waals surface area contributed by atoms with E-state index in [9.17, 15) is 13.6 Å². The van der Waals surface area contributed by atoms with E-state index in [-0.39, 0.29) is 0 Å². The second kappa shape index (κ2) is 6.17. The van der Waals surface area contributed by atoms with Crippen LogP contribution in [0.4, 0.5) is 8.78 Å². The Labute approximate surface area is 92.4 Å². The molecule has 0 atom stereocenters. The maximum absolute atomic E-state index is 13.2. The van der Waals surface area contributed by atoms with Gasteiger partial charge in [0.1, 0.15) is 17.2 Å². The summed E-state index contributed by atoms with van der Waals surface area (Å²) in [5, 5.41) is 2.42. The van der Waals surface area contributed by atoms with Crippen molar-refractivity contribution in [2.75, 3.05) is 20.3 Å². The summed E-state index contributed by atoms with van der Waals surface area (Å²) in [6.07, 6.45) is 0.596. The summed E-state index contributed by atoms with van der Waals surface area (Å²) < 4.78 is 31.1. The summed E-state index contributed by atoms with van der Waals surface area (Å²) in [7, 11) is 1.54. The van der Waals surface area contributed by atoms with Gasteiger partial charge in [0.05, 0.1) is 0 Å². The maximum atomic E-state index is 13.2. The number of halogens is 2. The number of nitrogens with one attached hydrogen (secondary N) is 1. The van der Waals surface area contributed by atoms with Crippen LogP contribution < -0.4 is 5.32 Å². The minimum absolute atomic E-state index is 0.320. The lowest BCUT2D eigenvalue weighted by atomic mass is 10.2. The first-order chi connectivity index (χ1) is 7.66.